The summed E-state index contributed by atoms with van der Waals surface area (Å²) in [6, 6.07) is 5.73. The summed E-state index contributed by atoms with van der Waals surface area (Å²) in [6.07, 6.45) is 6.40. The smallest absolute Gasteiger partial charge is 0.333 e. The molecule has 1 aromatic carbocycles. The van der Waals surface area contributed by atoms with Gasteiger partial charge in [-0.1, -0.05) is 12.2 Å². The van der Waals surface area contributed by atoms with Gasteiger partial charge in [-0.2, -0.15) is 0 Å². The van der Waals surface area contributed by atoms with Crippen molar-refractivity contribution in [2.45, 2.75) is 31.7 Å². The van der Waals surface area contributed by atoms with Crippen LogP contribution in [0.4, 0.5) is 11.4 Å². The molecule has 2 unspecified atom stereocenters. The number of nitrogens with zero attached hydrogens (tertiary/aromatic N) is 4. The largest absolute Gasteiger partial charge is 0.378 e. The number of likely N-dealkylation sites (N-methyl/N-ethyl adjacent to an activating group) is 1. The summed E-state index contributed by atoms with van der Waals surface area (Å²) in [5.74, 6) is -1.67. The molecule has 11 heteroatoms. The van der Waals surface area contributed by atoms with Crippen molar-refractivity contribution in [1.82, 2.24) is 9.96 Å². The van der Waals surface area contributed by atoms with Crippen LogP contribution in [-0.2, 0) is 23.8 Å². The molecule has 1 N–H and O–H groups in total. The maximum atomic E-state index is 12.5. The highest BCUT2D eigenvalue weighted by Gasteiger charge is 2.34. The maximum absolute atomic E-state index is 12.5. The zero-order chi connectivity index (χ0) is 26.1. The number of imide groups is 1. The Balaban J connectivity index is 1.64. The number of amides is 2. The highest BCUT2D eigenvalue weighted by atomic mass is 31.1. The minimum Gasteiger partial charge on any atom is -0.378 e. The lowest BCUT2D eigenvalue weighted by Gasteiger charge is -2.38. The monoisotopic (exact) mass is 514 g/mol. The zero-order valence-corrected chi connectivity index (χ0v) is 21.9. The SMILES string of the molecule is CN(C)c1ccc2c(c1)N(CCCC(=O)ON1C(=O)CCC1=O)C1=CC(N(C)C)C=CC1=C2[PH](=O)O. The predicted molar refractivity (Wildman–Crippen MR) is 137 cm³/mol. The van der Waals surface area contributed by atoms with Crippen molar-refractivity contribution >= 4 is 42.5 Å². The number of hydrogen-bond acceptors (Lipinski definition) is 8. The standard InChI is InChI=1S/C25H31N4O6P/c1-26(2)16-7-9-18-20(14-16)28(13-5-6-24(32)35-29-22(30)11-12-23(29)31)21-15-17(27(3)4)8-10-19(21)25(18)36(33)34/h7-10,14-16,36H,5-6,11-13H2,1-4H3,(H,33,34). The first-order valence-corrected chi connectivity index (χ1v) is 13.1. The van der Waals surface area contributed by atoms with Crippen LogP contribution in [0, 0.1) is 0 Å². The van der Waals surface area contributed by atoms with Crippen molar-refractivity contribution < 1.29 is 28.7 Å². The summed E-state index contributed by atoms with van der Waals surface area (Å²) in [5.41, 5.74) is 3.90. The molecule has 3 aliphatic rings. The molecule has 1 aromatic rings. The van der Waals surface area contributed by atoms with Crippen molar-refractivity contribution in [3.05, 3.63) is 53.3 Å². The average Bonchev–Trinajstić information content (AvgIpc) is 3.14. The van der Waals surface area contributed by atoms with E-state index in [4.69, 9.17) is 4.84 Å². The van der Waals surface area contributed by atoms with Gasteiger partial charge in [0.25, 0.3) is 11.8 Å². The van der Waals surface area contributed by atoms with Gasteiger partial charge >= 0.3 is 5.97 Å². The molecule has 0 aromatic heterocycles. The van der Waals surface area contributed by atoms with E-state index < -0.39 is 25.8 Å². The van der Waals surface area contributed by atoms with E-state index in [0.29, 0.717) is 34.5 Å². The van der Waals surface area contributed by atoms with E-state index in [1.165, 1.54) is 0 Å². The van der Waals surface area contributed by atoms with Crippen LogP contribution in [0.5, 0.6) is 0 Å². The fraction of sp³-hybridized carbons (Fsp3) is 0.400. The van der Waals surface area contributed by atoms with Crippen LogP contribution in [0.3, 0.4) is 0 Å². The number of fused-ring (bicyclic) bond motifs is 2. The normalized spacial score (nSPS) is 19.9. The molecule has 2 atom stereocenters. The van der Waals surface area contributed by atoms with E-state index in [0.717, 1.165) is 17.1 Å². The van der Waals surface area contributed by atoms with Gasteiger partial charge < -0.3 is 19.5 Å². The maximum Gasteiger partial charge on any atom is 0.333 e. The second kappa shape index (κ2) is 10.4. The first-order valence-electron chi connectivity index (χ1n) is 11.8. The van der Waals surface area contributed by atoms with Gasteiger partial charge in [0.15, 0.2) is 0 Å². The van der Waals surface area contributed by atoms with Crippen LogP contribution in [0.25, 0.3) is 5.31 Å². The Morgan fingerprint density at radius 2 is 1.86 bits per heavy atom. The van der Waals surface area contributed by atoms with Crippen LogP contribution in [0.15, 0.2) is 47.7 Å². The molecule has 36 heavy (non-hydrogen) atoms. The van der Waals surface area contributed by atoms with Crippen LogP contribution < -0.4 is 9.80 Å². The molecule has 2 aliphatic heterocycles. The molecule has 1 fully saturated rings. The quantitative estimate of drug-likeness (QED) is 0.413. The Hall–Kier alpha value is -3.20. The fourth-order valence-corrected chi connectivity index (χ4v) is 5.40. The summed E-state index contributed by atoms with van der Waals surface area (Å²) < 4.78 is 12.5. The third-order valence-electron chi connectivity index (χ3n) is 6.45. The molecule has 1 aliphatic carbocycles. The summed E-state index contributed by atoms with van der Waals surface area (Å²) >= 11 is 0. The number of hydrogen-bond donors (Lipinski definition) is 1. The molecule has 0 saturated carbocycles. The summed E-state index contributed by atoms with van der Waals surface area (Å²) in [7, 11) is 4.74. The van der Waals surface area contributed by atoms with Crippen molar-refractivity contribution in [2.75, 3.05) is 44.5 Å². The summed E-state index contributed by atoms with van der Waals surface area (Å²) in [5, 5.41) is 0.978. The Kier molecular flexibility index (Phi) is 7.49. The average molecular weight is 515 g/mol. The van der Waals surface area contributed by atoms with Gasteiger partial charge in [-0.05, 0) is 44.8 Å². The minimum atomic E-state index is -3.03. The third kappa shape index (κ3) is 5.02. The first-order chi connectivity index (χ1) is 17.1. The van der Waals surface area contributed by atoms with Crippen LogP contribution in [-0.4, -0.2) is 73.4 Å². The number of rotatable bonds is 8. The number of allylic oxidation sites excluding steroid dienone is 1. The second-order valence-corrected chi connectivity index (χ2v) is 10.5. The molecular formula is C25H31N4O6P. The molecule has 10 nitrogen and oxygen atoms in total. The van der Waals surface area contributed by atoms with E-state index in [-0.39, 0.29) is 25.3 Å². The molecule has 0 radical (unpaired) electrons. The molecule has 1 saturated heterocycles. The Labute approximate surface area is 210 Å². The van der Waals surface area contributed by atoms with E-state index in [1.807, 2.05) is 74.4 Å². The van der Waals surface area contributed by atoms with Crippen LogP contribution in [0.2, 0.25) is 0 Å². The molecule has 0 spiro atoms. The Bertz CT molecular complexity index is 1200. The Morgan fingerprint density at radius 3 is 2.47 bits per heavy atom. The zero-order valence-electron chi connectivity index (χ0n) is 20.9. The van der Waals surface area contributed by atoms with E-state index in [2.05, 4.69) is 4.90 Å². The van der Waals surface area contributed by atoms with E-state index in [9.17, 15) is 23.8 Å². The Morgan fingerprint density at radius 1 is 1.17 bits per heavy atom. The van der Waals surface area contributed by atoms with Gasteiger partial charge in [-0.25, -0.2) is 4.79 Å². The van der Waals surface area contributed by atoms with Gasteiger partial charge in [0.05, 0.1) is 11.0 Å². The highest BCUT2D eigenvalue weighted by molar-refractivity contribution is 7.50. The third-order valence-corrected chi connectivity index (χ3v) is 7.42. The van der Waals surface area contributed by atoms with Crippen LogP contribution >= 0.6 is 8.03 Å². The minimum absolute atomic E-state index is 0.000997. The summed E-state index contributed by atoms with van der Waals surface area (Å²) in [4.78, 5) is 57.2. The molecule has 2 amide bonds. The number of carbonyl (C=O) groups excluding carboxylic acids is 3. The van der Waals surface area contributed by atoms with E-state index >= 15 is 0 Å². The van der Waals surface area contributed by atoms with Gasteiger partial charge in [0, 0.05) is 68.5 Å². The number of anilines is 2. The van der Waals surface area contributed by atoms with Crippen molar-refractivity contribution in [1.29, 1.82) is 0 Å². The molecule has 4 rings (SSSR count). The number of benzene rings is 1. The highest BCUT2D eigenvalue weighted by Crippen LogP contribution is 2.51. The first kappa shape index (κ1) is 25.9. The van der Waals surface area contributed by atoms with Gasteiger partial charge in [-0.15, -0.1) is 5.06 Å². The van der Waals surface area contributed by atoms with E-state index in [1.54, 1.807) is 0 Å². The van der Waals surface area contributed by atoms with Crippen molar-refractivity contribution in [3.63, 3.8) is 0 Å². The van der Waals surface area contributed by atoms with Gasteiger partial charge in [0.2, 0.25) is 8.03 Å². The van der Waals surface area contributed by atoms with Gasteiger partial charge in [0.1, 0.15) is 0 Å². The fourth-order valence-electron chi connectivity index (χ4n) is 4.52. The van der Waals surface area contributed by atoms with Gasteiger partial charge in [-0.3, -0.25) is 19.1 Å². The lowest BCUT2D eigenvalue weighted by atomic mass is 9.92. The molecule has 0 bridgehead atoms. The lowest BCUT2D eigenvalue weighted by Crippen LogP contribution is -2.35. The lowest BCUT2D eigenvalue weighted by molar-refractivity contribution is -0.197. The molecular weight excluding hydrogens is 483 g/mol. The van der Waals surface area contributed by atoms with Crippen molar-refractivity contribution in [2.24, 2.45) is 0 Å². The van der Waals surface area contributed by atoms with Crippen LogP contribution in [0.1, 0.15) is 31.2 Å². The topological polar surface area (TPSA) is 111 Å². The summed E-state index contributed by atoms with van der Waals surface area (Å²) in [6.45, 7) is 0.420. The second-order valence-electron chi connectivity index (χ2n) is 9.36. The predicted octanol–water partition coefficient (Wildman–Crippen LogP) is 2.52. The number of carbonyl (C=O) groups is 3. The molecule has 2 heterocycles. The molecule has 192 valence electrons. The number of hydroxylamine groups is 2. The van der Waals surface area contributed by atoms with Crippen molar-refractivity contribution in [3.8, 4) is 0 Å².